The van der Waals surface area contributed by atoms with Crippen LogP contribution in [0.15, 0.2) is 55.0 Å². The molecule has 0 radical (unpaired) electrons. The minimum absolute atomic E-state index is 0.303. The van der Waals surface area contributed by atoms with Crippen molar-refractivity contribution in [1.82, 2.24) is 29.3 Å². The van der Waals surface area contributed by atoms with Gasteiger partial charge in [0, 0.05) is 18.7 Å². The SMILES string of the molecule is COc1nc(/C=C/c2nc3n(n2)CC[C@@H]3c2ccccc2)ccc1-n1cnc(C)c1. The van der Waals surface area contributed by atoms with Crippen molar-refractivity contribution < 1.29 is 4.74 Å². The van der Waals surface area contributed by atoms with E-state index in [0.717, 1.165) is 35.9 Å². The third-order valence-electron chi connectivity index (χ3n) is 5.31. The van der Waals surface area contributed by atoms with Crippen LogP contribution < -0.4 is 4.74 Å². The van der Waals surface area contributed by atoms with Crippen LogP contribution >= 0.6 is 0 Å². The molecule has 0 N–H and O–H groups in total. The molecule has 5 rings (SSSR count). The molecule has 1 aliphatic heterocycles. The molecule has 0 aliphatic carbocycles. The van der Waals surface area contributed by atoms with E-state index in [4.69, 9.17) is 9.72 Å². The second-order valence-electron chi connectivity index (χ2n) is 7.32. The fourth-order valence-corrected chi connectivity index (χ4v) is 3.85. The molecule has 0 bridgehead atoms. The number of methoxy groups -OCH3 is 1. The highest BCUT2D eigenvalue weighted by Crippen LogP contribution is 2.32. The van der Waals surface area contributed by atoms with Crippen LogP contribution in [-0.2, 0) is 6.54 Å². The van der Waals surface area contributed by atoms with Gasteiger partial charge in [0.1, 0.15) is 11.5 Å². The summed E-state index contributed by atoms with van der Waals surface area (Å²) in [6.45, 7) is 2.84. The van der Waals surface area contributed by atoms with Crippen molar-refractivity contribution in [3.63, 3.8) is 0 Å². The van der Waals surface area contributed by atoms with E-state index in [1.54, 1.807) is 13.4 Å². The molecule has 0 saturated heterocycles. The summed E-state index contributed by atoms with van der Waals surface area (Å²) in [5.74, 6) is 2.56. The van der Waals surface area contributed by atoms with Crippen molar-refractivity contribution >= 4 is 12.2 Å². The normalized spacial score (nSPS) is 15.6. The average Bonchev–Trinajstić information content (AvgIpc) is 3.48. The Kier molecular flexibility index (Phi) is 4.63. The number of hydrogen-bond acceptors (Lipinski definition) is 5. The second kappa shape index (κ2) is 7.59. The molecule has 30 heavy (non-hydrogen) atoms. The van der Waals surface area contributed by atoms with E-state index < -0.39 is 0 Å². The highest BCUT2D eigenvalue weighted by Gasteiger charge is 2.27. The monoisotopic (exact) mass is 398 g/mol. The first-order chi connectivity index (χ1) is 14.7. The quantitative estimate of drug-likeness (QED) is 0.510. The summed E-state index contributed by atoms with van der Waals surface area (Å²) >= 11 is 0. The van der Waals surface area contributed by atoms with Crippen LogP contribution in [0.1, 0.15) is 40.9 Å². The Balaban J connectivity index is 1.39. The van der Waals surface area contributed by atoms with Gasteiger partial charge in [-0.3, -0.25) is 0 Å². The van der Waals surface area contributed by atoms with Crippen LogP contribution in [0.5, 0.6) is 5.88 Å². The van der Waals surface area contributed by atoms with Gasteiger partial charge in [-0.2, -0.15) is 5.10 Å². The molecule has 7 heteroatoms. The van der Waals surface area contributed by atoms with E-state index >= 15 is 0 Å². The van der Waals surface area contributed by atoms with E-state index in [1.165, 1.54) is 5.56 Å². The Morgan fingerprint density at radius 3 is 2.70 bits per heavy atom. The van der Waals surface area contributed by atoms with Gasteiger partial charge in [0.25, 0.3) is 0 Å². The van der Waals surface area contributed by atoms with Crippen molar-refractivity contribution in [2.45, 2.75) is 25.8 Å². The van der Waals surface area contributed by atoms with Gasteiger partial charge in [0.15, 0.2) is 5.82 Å². The molecular formula is C23H22N6O. The maximum absolute atomic E-state index is 5.49. The molecule has 3 aromatic heterocycles. The first-order valence-corrected chi connectivity index (χ1v) is 9.95. The summed E-state index contributed by atoms with van der Waals surface area (Å²) in [5.41, 5.74) is 3.85. The summed E-state index contributed by atoms with van der Waals surface area (Å²) in [6, 6.07) is 14.4. The van der Waals surface area contributed by atoms with Crippen molar-refractivity contribution in [2.75, 3.05) is 7.11 Å². The van der Waals surface area contributed by atoms with Crippen molar-refractivity contribution in [2.24, 2.45) is 0 Å². The summed E-state index contributed by atoms with van der Waals surface area (Å²) in [5, 5.41) is 4.64. The van der Waals surface area contributed by atoms with Gasteiger partial charge >= 0.3 is 0 Å². The first kappa shape index (κ1) is 18.3. The van der Waals surface area contributed by atoms with Gasteiger partial charge < -0.3 is 9.30 Å². The maximum Gasteiger partial charge on any atom is 0.238 e. The standard InChI is InChI=1S/C23H22N6O/c1-16-14-28(15-24-16)20-10-8-18(25-23(20)30-2)9-11-21-26-22-19(12-13-29(22)27-21)17-6-4-3-5-7-17/h3-11,14-15,19H,12-13H2,1-2H3/b11-9+/t19-/m1/s1. The zero-order valence-electron chi connectivity index (χ0n) is 16.9. The molecular weight excluding hydrogens is 376 g/mol. The van der Waals surface area contributed by atoms with Crippen molar-refractivity contribution in [1.29, 1.82) is 0 Å². The number of ether oxygens (including phenoxy) is 1. The Hall–Kier alpha value is -3.74. The van der Waals surface area contributed by atoms with Crippen molar-refractivity contribution in [3.8, 4) is 11.6 Å². The number of aryl methyl sites for hydroxylation is 2. The smallest absolute Gasteiger partial charge is 0.238 e. The first-order valence-electron chi connectivity index (χ1n) is 9.95. The molecule has 0 unspecified atom stereocenters. The summed E-state index contributed by atoms with van der Waals surface area (Å²) in [7, 11) is 1.62. The summed E-state index contributed by atoms with van der Waals surface area (Å²) in [4.78, 5) is 13.6. The molecule has 0 fully saturated rings. The average molecular weight is 398 g/mol. The fourth-order valence-electron chi connectivity index (χ4n) is 3.85. The van der Waals surface area contributed by atoms with Crippen LogP contribution in [0, 0.1) is 6.92 Å². The molecule has 1 aliphatic rings. The molecule has 0 spiro atoms. The number of nitrogens with zero attached hydrogens (tertiary/aromatic N) is 6. The van der Waals surface area contributed by atoms with Crippen LogP contribution in [0.25, 0.3) is 17.8 Å². The maximum atomic E-state index is 5.49. The minimum Gasteiger partial charge on any atom is -0.479 e. The Bertz CT molecular complexity index is 1210. The van der Waals surface area contributed by atoms with Crippen LogP contribution in [-0.4, -0.2) is 36.4 Å². The van der Waals surface area contributed by atoms with Crippen LogP contribution in [0.4, 0.5) is 0 Å². The number of benzene rings is 1. The number of fused-ring (bicyclic) bond motifs is 1. The lowest BCUT2D eigenvalue weighted by Crippen LogP contribution is -1.99. The van der Waals surface area contributed by atoms with E-state index in [9.17, 15) is 0 Å². The largest absolute Gasteiger partial charge is 0.479 e. The lowest BCUT2D eigenvalue weighted by atomic mass is 9.97. The summed E-state index contributed by atoms with van der Waals surface area (Å²) in [6.07, 6.45) is 8.54. The lowest BCUT2D eigenvalue weighted by Gasteiger charge is -2.08. The lowest BCUT2D eigenvalue weighted by molar-refractivity contribution is 0.395. The Morgan fingerprint density at radius 2 is 1.93 bits per heavy atom. The molecule has 150 valence electrons. The van der Waals surface area contributed by atoms with Gasteiger partial charge in [-0.15, -0.1) is 0 Å². The van der Waals surface area contributed by atoms with E-state index in [2.05, 4.69) is 39.3 Å². The number of aromatic nitrogens is 6. The highest BCUT2D eigenvalue weighted by atomic mass is 16.5. The van der Waals surface area contributed by atoms with E-state index in [-0.39, 0.29) is 0 Å². The van der Waals surface area contributed by atoms with Crippen LogP contribution in [0.3, 0.4) is 0 Å². The molecule has 1 atom stereocenters. The predicted octanol–water partition coefficient (Wildman–Crippen LogP) is 3.88. The minimum atomic E-state index is 0.303. The zero-order chi connectivity index (χ0) is 20.5. The number of hydrogen-bond donors (Lipinski definition) is 0. The van der Waals surface area contributed by atoms with Gasteiger partial charge in [-0.05, 0) is 43.2 Å². The zero-order valence-corrected chi connectivity index (χ0v) is 16.9. The molecule has 0 saturated carbocycles. The number of imidazole rings is 1. The van der Waals surface area contributed by atoms with Gasteiger partial charge in [-0.25, -0.2) is 19.6 Å². The Morgan fingerprint density at radius 1 is 1.07 bits per heavy atom. The summed E-state index contributed by atoms with van der Waals surface area (Å²) < 4.78 is 9.40. The molecule has 0 amide bonds. The highest BCUT2D eigenvalue weighted by molar-refractivity contribution is 5.65. The van der Waals surface area contributed by atoms with E-state index in [1.807, 2.05) is 52.7 Å². The molecule has 7 nitrogen and oxygen atoms in total. The van der Waals surface area contributed by atoms with Crippen molar-refractivity contribution in [3.05, 3.63) is 83.6 Å². The molecule has 1 aromatic carbocycles. The second-order valence-corrected chi connectivity index (χ2v) is 7.32. The predicted molar refractivity (Wildman–Crippen MR) is 115 cm³/mol. The van der Waals surface area contributed by atoms with Gasteiger partial charge in [0.05, 0.1) is 24.8 Å². The van der Waals surface area contributed by atoms with E-state index in [0.29, 0.717) is 17.6 Å². The number of rotatable bonds is 5. The fraction of sp³-hybridized carbons (Fsp3) is 0.217. The third kappa shape index (κ3) is 3.39. The third-order valence-corrected chi connectivity index (χ3v) is 5.31. The van der Waals surface area contributed by atoms with Gasteiger partial charge in [0.2, 0.25) is 5.88 Å². The molecule has 4 aromatic rings. The van der Waals surface area contributed by atoms with Gasteiger partial charge in [-0.1, -0.05) is 30.3 Å². The van der Waals surface area contributed by atoms with Crippen LogP contribution in [0.2, 0.25) is 0 Å². The number of pyridine rings is 1. The Labute approximate surface area is 174 Å². The topological polar surface area (TPSA) is 70.7 Å². The molecule has 4 heterocycles.